The van der Waals surface area contributed by atoms with Crippen LogP contribution in [0.2, 0.25) is 0 Å². The van der Waals surface area contributed by atoms with Crippen molar-refractivity contribution in [2.45, 2.75) is 6.92 Å². The molecule has 16 heavy (non-hydrogen) atoms. The Balaban J connectivity index is 2.82. The summed E-state index contributed by atoms with van der Waals surface area (Å²) in [7, 11) is -3.47. The summed E-state index contributed by atoms with van der Waals surface area (Å²) in [5, 5.41) is 0. The molecule has 0 aliphatic heterocycles. The molecule has 0 N–H and O–H groups in total. The molecule has 0 unspecified atom stereocenters. The molecule has 0 aliphatic rings. The van der Waals surface area contributed by atoms with Crippen LogP contribution in [0.15, 0.2) is 24.3 Å². The van der Waals surface area contributed by atoms with E-state index in [1.165, 1.54) is 0 Å². The number of rotatable bonds is 4. The Hall–Kier alpha value is -1.60. The molecule has 0 heterocycles. The summed E-state index contributed by atoms with van der Waals surface area (Å²) in [5.41, 5.74) is 1.41. The highest BCUT2D eigenvalue weighted by molar-refractivity contribution is 7.92. The minimum Gasteiger partial charge on any atom is -0.293 e. The summed E-state index contributed by atoms with van der Waals surface area (Å²) in [4.78, 5) is 11.6. The van der Waals surface area contributed by atoms with Crippen molar-refractivity contribution in [2.24, 2.45) is 0 Å². The molecule has 0 saturated carbocycles. The molecule has 0 aliphatic carbocycles. The first-order valence-electron chi connectivity index (χ1n) is 4.68. The first-order chi connectivity index (χ1) is 7.44. The third-order valence-corrected chi connectivity index (χ3v) is 3.34. The molecule has 0 aromatic heterocycles. The van der Waals surface area contributed by atoms with Gasteiger partial charge in [-0.2, -0.15) is 0 Å². The zero-order chi connectivity index (χ0) is 12.2. The van der Waals surface area contributed by atoms with Gasteiger partial charge in [-0.25, -0.2) is 8.42 Å². The first-order valence-corrected chi connectivity index (χ1v) is 6.50. The Bertz CT molecular complexity index is 518. The lowest BCUT2D eigenvalue weighted by Crippen LogP contribution is -2.18. The number of hydrogen-bond acceptors (Lipinski definition) is 3. The van der Waals surface area contributed by atoms with Gasteiger partial charge in [-0.05, 0) is 6.92 Å². The second-order valence-corrected chi connectivity index (χ2v) is 5.59. The molecule has 0 spiro atoms. The van der Waals surface area contributed by atoms with E-state index in [9.17, 15) is 13.2 Å². The van der Waals surface area contributed by atoms with Gasteiger partial charge >= 0.3 is 0 Å². The average molecular weight is 236 g/mol. The van der Waals surface area contributed by atoms with Gasteiger partial charge in [0.1, 0.15) is 11.5 Å². The number of ketones is 1. The Morgan fingerprint density at radius 3 is 2.38 bits per heavy atom. The van der Waals surface area contributed by atoms with Crippen LogP contribution in [0, 0.1) is 19.3 Å². The van der Waals surface area contributed by atoms with Crippen molar-refractivity contribution in [3.8, 4) is 12.3 Å². The second kappa shape index (κ2) is 4.95. The minimum atomic E-state index is -3.47. The van der Waals surface area contributed by atoms with Crippen LogP contribution in [0.25, 0.3) is 0 Å². The number of sulfone groups is 1. The van der Waals surface area contributed by atoms with Gasteiger partial charge in [-0.3, -0.25) is 4.79 Å². The Labute approximate surface area is 95.4 Å². The summed E-state index contributed by atoms with van der Waals surface area (Å²) in [6, 6.07) is 6.76. The van der Waals surface area contributed by atoms with E-state index < -0.39 is 27.1 Å². The smallest absolute Gasteiger partial charge is 0.177 e. The van der Waals surface area contributed by atoms with Crippen LogP contribution in [0.1, 0.15) is 15.9 Å². The largest absolute Gasteiger partial charge is 0.293 e. The summed E-state index contributed by atoms with van der Waals surface area (Å²) >= 11 is 0. The normalized spacial score (nSPS) is 10.8. The zero-order valence-electron chi connectivity index (χ0n) is 8.93. The van der Waals surface area contributed by atoms with Crippen LogP contribution >= 0.6 is 0 Å². The van der Waals surface area contributed by atoms with E-state index in [1.807, 2.05) is 12.8 Å². The van der Waals surface area contributed by atoms with Crippen LogP contribution in [0.4, 0.5) is 0 Å². The van der Waals surface area contributed by atoms with Crippen molar-refractivity contribution in [2.75, 3.05) is 11.5 Å². The van der Waals surface area contributed by atoms with Crippen LogP contribution in [0.5, 0.6) is 0 Å². The van der Waals surface area contributed by atoms with Crippen LogP contribution in [-0.2, 0) is 9.84 Å². The maximum atomic E-state index is 11.6. The average Bonchev–Trinajstić information content (AvgIpc) is 2.17. The molecule has 0 bridgehead atoms. The lowest BCUT2D eigenvalue weighted by molar-refractivity contribution is 0.102. The van der Waals surface area contributed by atoms with Gasteiger partial charge in [0.05, 0.1) is 0 Å². The minimum absolute atomic E-state index is 0.395. The maximum Gasteiger partial charge on any atom is 0.177 e. The van der Waals surface area contributed by atoms with Crippen LogP contribution in [0.3, 0.4) is 0 Å². The Morgan fingerprint density at radius 2 is 1.88 bits per heavy atom. The van der Waals surface area contributed by atoms with Crippen molar-refractivity contribution < 1.29 is 13.2 Å². The quantitative estimate of drug-likeness (QED) is 0.583. The van der Waals surface area contributed by atoms with Crippen molar-refractivity contribution in [1.29, 1.82) is 0 Å². The fraction of sp³-hybridized carbons (Fsp3) is 0.250. The second-order valence-electron chi connectivity index (χ2n) is 3.53. The monoisotopic (exact) mass is 236 g/mol. The fourth-order valence-electron chi connectivity index (χ4n) is 1.20. The summed E-state index contributed by atoms with van der Waals surface area (Å²) < 4.78 is 22.6. The zero-order valence-corrected chi connectivity index (χ0v) is 9.75. The number of benzene rings is 1. The number of aryl methyl sites for hydroxylation is 1. The lowest BCUT2D eigenvalue weighted by Gasteiger charge is -2.01. The molecule has 1 aromatic rings. The van der Waals surface area contributed by atoms with Gasteiger partial charge in [0.15, 0.2) is 15.6 Å². The predicted octanol–water partition coefficient (Wildman–Crippen LogP) is 1.23. The van der Waals surface area contributed by atoms with E-state index >= 15 is 0 Å². The molecule has 3 nitrogen and oxygen atoms in total. The van der Waals surface area contributed by atoms with Crippen LogP contribution in [-0.4, -0.2) is 25.7 Å². The predicted molar refractivity (Wildman–Crippen MR) is 63.0 cm³/mol. The van der Waals surface area contributed by atoms with Gasteiger partial charge in [-0.1, -0.05) is 35.7 Å². The third kappa shape index (κ3) is 3.52. The SMILES string of the molecule is C#CCS(=O)(=O)CC(=O)c1ccc(C)cc1. The number of hydrogen-bond donors (Lipinski definition) is 0. The van der Waals surface area contributed by atoms with E-state index in [2.05, 4.69) is 0 Å². The first kappa shape index (κ1) is 12.5. The van der Waals surface area contributed by atoms with E-state index in [-0.39, 0.29) is 0 Å². The topological polar surface area (TPSA) is 51.2 Å². The molecule has 0 saturated heterocycles. The van der Waals surface area contributed by atoms with E-state index in [0.717, 1.165) is 5.56 Å². The van der Waals surface area contributed by atoms with Gasteiger partial charge in [0, 0.05) is 5.56 Å². The molecule has 1 aromatic carbocycles. The highest BCUT2D eigenvalue weighted by atomic mass is 32.2. The van der Waals surface area contributed by atoms with Gasteiger partial charge in [0.2, 0.25) is 0 Å². The van der Waals surface area contributed by atoms with Crippen molar-refractivity contribution in [3.63, 3.8) is 0 Å². The number of carbonyl (C=O) groups excluding carboxylic acids is 1. The van der Waals surface area contributed by atoms with E-state index in [0.29, 0.717) is 5.56 Å². The van der Waals surface area contributed by atoms with Gasteiger partial charge < -0.3 is 0 Å². The fourth-order valence-corrected chi connectivity index (χ4v) is 2.12. The van der Waals surface area contributed by atoms with Crippen molar-refractivity contribution in [1.82, 2.24) is 0 Å². The standard InChI is InChI=1S/C12H12O3S/c1-3-8-16(14,15)9-12(13)11-6-4-10(2)5-7-11/h1,4-7H,8-9H2,2H3. The highest BCUT2D eigenvalue weighted by Crippen LogP contribution is 2.05. The summed E-state index contributed by atoms with van der Waals surface area (Å²) in [5.74, 6) is 0.687. The van der Waals surface area contributed by atoms with Gasteiger partial charge in [0.25, 0.3) is 0 Å². The van der Waals surface area contributed by atoms with Crippen molar-refractivity contribution in [3.05, 3.63) is 35.4 Å². The van der Waals surface area contributed by atoms with E-state index in [4.69, 9.17) is 6.42 Å². The van der Waals surface area contributed by atoms with Crippen LogP contribution < -0.4 is 0 Å². The summed E-state index contributed by atoms with van der Waals surface area (Å²) in [6.07, 6.45) is 4.91. The van der Waals surface area contributed by atoms with E-state index in [1.54, 1.807) is 24.3 Å². The van der Waals surface area contributed by atoms with Gasteiger partial charge in [-0.15, -0.1) is 6.42 Å². The maximum absolute atomic E-state index is 11.6. The molecule has 4 heteroatoms. The number of terminal acetylenes is 1. The summed E-state index contributed by atoms with van der Waals surface area (Å²) in [6.45, 7) is 1.89. The molecular formula is C12H12O3S. The lowest BCUT2D eigenvalue weighted by atomic mass is 10.1. The Kier molecular flexibility index (Phi) is 3.86. The molecule has 0 amide bonds. The third-order valence-electron chi connectivity index (χ3n) is 2.03. The molecule has 0 atom stereocenters. The molecule has 84 valence electrons. The highest BCUT2D eigenvalue weighted by Gasteiger charge is 2.16. The number of carbonyl (C=O) groups is 1. The van der Waals surface area contributed by atoms with Crippen molar-refractivity contribution >= 4 is 15.6 Å². The molecule has 0 fully saturated rings. The molecule has 1 rings (SSSR count). The Morgan fingerprint density at radius 1 is 1.31 bits per heavy atom. The number of Topliss-reactive ketones (excluding diaryl/α,β-unsaturated/α-hetero) is 1. The molecular weight excluding hydrogens is 224 g/mol. The molecule has 0 radical (unpaired) electrons.